The van der Waals surface area contributed by atoms with Crippen LogP contribution in [0.5, 0.6) is 0 Å². The molecule has 2 aromatic carbocycles. The third-order valence-corrected chi connectivity index (χ3v) is 5.56. The van der Waals surface area contributed by atoms with Crippen LogP contribution in [0, 0.1) is 6.92 Å². The van der Waals surface area contributed by atoms with E-state index >= 15 is 0 Å². The van der Waals surface area contributed by atoms with Gasteiger partial charge in [0.15, 0.2) is 0 Å². The molecule has 0 aliphatic rings. The van der Waals surface area contributed by atoms with Gasteiger partial charge in [0.25, 0.3) is 0 Å². The van der Waals surface area contributed by atoms with E-state index in [-0.39, 0.29) is 11.4 Å². The molecule has 0 amide bonds. The van der Waals surface area contributed by atoms with E-state index < -0.39 is 0 Å². The molecule has 4 rings (SSSR count). The number of hydrogen-bond donors (Lipinski definition) is 1. The maximum Gasteiger partial charge on any atom is 0.316 e. The highest BCUT2D eigenvalue weighted by Gasteiger charge is 2.15. The van der Waals surface area contributed by atoms with Gasteiger partial charge in [-0.05, 0) is 48.4 Å². The highest BCUT2D eigenvalue weighted by Crippen LogP contribution is 2.25. The number of aromatic nitrogens is 4. The zero-order valence-electron chi connectivity index (χ0n) is 15.6. The summed E-state index contributed by atoms with van der Waals surface area (Å²) in [6.07, 6.45) is 3.58. The summed E-state index contributed by atoms with van der Waals surface area (Å²) in [5.74, 6) is 0.728. The fourth-order valence-electron chi connectivity index (χ4n) is 2.81. The minimum atomic E-state index is -0.292. The van der Waals surface area contributed by atoms with Crippen LogP contribution in [-0.2, 0) is 5.75 Å². The van der Waals surface area contributed by atoms with E-state index in [9.17, 15) is 4.79 Å². The Bertz CT molecular complexity index is 1190. The van der Waals surface area contributed by atoms with Crippen LogP contribution in [0.25, 0.3) is 0 Å². The maximum absolute atomic E-state index is 13.2. The topological polar surface area (TPSA) is 64.7 Å². The van der Waals surface area contributed by atoms with Gasteiger partial charge in [0.1, 0.15) is 0 Å². The average molecular weight is 424 g/mol. The Hall–Kier alpha value is -3.03. The van der Waals surface area contributed by atoms with Crippen molar-refractivity contribution in [3.05, 3.63) is 99.6 Å². The zero-order chi connectivity index (χ0) is 20.2. The molecule has 0 atom stereocenters. The molecule has 29 heavy (non-hydrogen) atoms. The van der Waals surface area contributed by atoms with Crippen LogP contribution < -0.4 is 10.9 Å². The normalized spacial score (nSPS) is 10.8. The quantitative estimate of drug-likeness (QED) is 0.453. The summed E-state index contributed by atoms with van der Waals surface area (Å²) in [4.78, 5) is 13.2. The standard InChI is InChI=1S/C21H18ClN5OS/c1-15-7-6-9-17(13-15)23-19-20(28)27(26-11-4-5-12-26)21(25-24-19)29-14-16-8-2-3-10-18(16)22/h2-13H,14H2,1H3,(H,23,24). The van der Waals surface area contributed by atoms with Gasteiger partial charge in [-0.15, -0.1) is 10.2 Å². The van der Waals surface area contributed by atoms with Crippen LogP contribution >= 0.6 is 23.4 Å². The SMILES string of the molecule is Cc1cccc(Nc2nnc(SCc3ccccc3Cl)n(-n3cccc3)c2=O)c1. The second-order valence-electron chi connectivity index (χ2n) is 6.39. The molecule has 2 aromatic heterocycles. The first-order valence-electron chi connectivity index (χ1n) is 8.95. The van der Waals surface area contributed by atoms with Gasteiger partial charge in [-0.2, -0.15) is 4.68 Å². The Morgan fingerprint density at radius 2 is 1.83 bits per heavy atom. The first-order chi connectivity index (χ1) is 14.1. The Kier molecular flexibility index (Phi) is 5.69. The Morgan fingerprint density at radius 1 is 1.03 bits per heavy atom. The van der Waals surface area contributed by atoms with Crippen molar-refractivity contribution in [2.75, 3.05) is 5.32 Å². The molecule has 146 valence electrons. The van der Waals surface area contributed by atoms with Crippen molar-refractivity contribution in [1.82, 2.24) is 19.5 Å². The van der Waals surface area contributed by atoms with Crippen molar-refractivity contribution in [2.45, 2.75) is 17.8 Å². The van der Waals surface area contributed by atoms with E-state index in [0.717, 1.165) is 16.8 Å². The molecule has 0 unspecified atom stereocenters. The monoisotopic (exact) mass is 423 g/mol. The molecule has 0 bridgehead atoms. The number of rotatable bonds is 6. The third kappa shape index (κ3) is 4.36. The van der Waals surface area contributed by atoms with Gasteiger partial charge in [-0.25, -0.2) is 0 Å². The Morgan fingerprint density at radius 3 is 2.59 bits per heavy atom. The lowest BCUT2D eigenvalue weighted by molar-refractivity contribution is 0.533. The minimum absolute atomic E-state index is 0.159. The molecule has 0 saturated heterocycles. The number of hydrogen-bond acceptors (Lipinski definition) is 5. The number of aryl methyl sites for hydroxylation is 1. The van der Waals surface area contributed by atoms with Crippen molar-refractivity contribution in [1.29, 1.82) is 0 Å². The van der Waals surface area contributed by atoms with Gasteiger partial charge in [0.05, 0.1) is 0 Å². The molecule has 1 N–H and O–H groups in total. The predicted octanol–water partition coefficient (Wildman–Crippen LogP) is 4.75. The summed E-state index contributed by atoms with van der Waals surface area (Å²) < 4.78 is 3.18. The van der Waals surface area contributed by atoms with Crippen molar-refractivity contribution in [3.63, 3.8) is 0 Å². The fraction of sp³-hybridized carbons (Fsp3) is 0.0952. The second kappa shape index (κ2) is 8.55. The molecule has 0 fully saturated rings. The van der Waals surface area contributed by atoms with E-state index in [1.54, 1.807) is 17.1 Å². The lowest BCUT2D eigenvalue weighted by Crippen LogP contribution is -2.30. The highest BCUT2D eigenvalue weighted by atomic mass is 35.5. The average Bonchev–Trinajstić information content (AvgIpc) is 3.23. The summed E-state index contributed by atoms with van der Waals surface area (Å²) in [6, 6.07) is 19.1. The second-order valence-corrected chi connectivity index (χ2v) is 7.74. The number of nitrogens with one attached hydrogen (secondary N) is 1. The van der Waals surface area contributed by atoms with E-state index in [4.69, 9.17) is 11.6 Å². The van der Waals surface area contributed by atoms with Crippen molar-refractivity contribution < 1.29 is 0 Å². The van der Waals surface area contributed by atoms with Crippen LogP contribution in [0.15, 0.2) is 83.0 Å². The number of benzene rings is 2. The van der Waals surface area contributed by atoms with Gasteiger partial charge in [0, 0.05) is 28.9 Å². The number of nitrogens with zero attached hydrogens (tertiary/aromatic N) is 4. The molecule has 0 aliphatic heterocycles. The molecular weight excluding hydrogens is 406 g/mol. The zero-order valence-corrected chi connectivity index (χ0v) is 17.2. The molecule has 0 aliphatic carbocycles. The number of anilines is 2. The fourth-order valence-corrected chi connectivity index (χ4v) is 4.03. The largest absolute Gasteiger partial charge is 0.334 e. The molecule has 2 heterocycles. The number of halogens is 1. The third-order valence-electron chi connectivity index (χ3n) is 4.23. The van der Waals surface area contributed by atoms with Gasteiger partial charge in [-0.3, -0.25) is 9.47 Å². The first-order valence-corrected chi connectivity index (χ1v) is 10.3. The van der Waals surface area contributed by atoms with Crippen molar-refractivity contribution in [3.8, 4) is 0 Å². The van der Waals surface area contributed by atoms with Gasteiger partial charge >= 0.3 is 5.56 Å². The van der Waals surface area contributed by atoms with E-state index in [1.807, 2.05) is 67.6 Å². The molecule has 0 spiro atoms. The summed E-state index contributed by atoms with van der Waals surface area (Å²) in [5.41, 5.74) is 2.54. The van der Waals surface area contributed by atoms with Crippen LogP contribution in [0.2, 0.25) is 5.02 Å². The van der Waals surface area contributed by atoms with Gasteiger partial charge < -0.3 is 5.32 Å². The summed E-state index contributed by atoms with van der Waals surface area (Å²) in [5, 5.41) is 12.7. The molecule has 0 saturated carbocycles. The molecule has 6 nitrogen and oxygen atoms in total. The van der Waals surface area contributed by atoms with Crippen LogP contribution in [0.4, 0.5) is 11.5 Å². The first kappa shape index (κ1) is 19.3. The predicted molar refractivity (Wildman–Crippen MR) is 117 cm³/mol. The minimum Gasteiger partial charge on any atom is -0.334 e. The Labute approximate surface area is 177 Å². The van der Waals surface area contributed by atoms with Gasteiger partial charge in [0.2, 0.25) is 11.0 Å². The van der Waals surface area contributed by atoms with E-state index in [0.29, 0.717) is 15.9 Å². The lowest BCUT2D eigenvalue weighted by atomic mass is 10.2. The summed E-state index contributed by atoms with van der Waals surface area (Å²) in [7, 11) is 0. The maximum atomic E-state index is 13.2. The van der Waals surface area contributed by atoms with E-state index in [2.05, 4.69) is 15.5 Å². The number of thioether (sulfide) groups is 1. The summed E-state index contributed by atoms with van der Waals surface area (Å²) in [6.45, 7) is 1.99. The lowest BCUT2D eigenvalue weighted by Gasteiger charge is -2.14. The van der Waals surface area contributed by atoms with Crippen molar-refractivity contribution >= 4 is 34.9 Å². The van der Waals surface area contributed by atoms with Crippen LogP contribution in [-0.4, -0.2) is 19.5 Å². The van der Waals surface area contributed by atoms with Gasteiger partial charge in [-0.1, -0.05) is 53.7 Å². The van der Waals surface area contributed by atoms with Crippen LogP contribution in [0.3, 0.4) is 0 Å². The van der Waals surface area contributed by atoms with Crippen LogP contribution in [0.1, 0.15) is 11.1 Å². The Balaban J connectivity index is 1.69. The molecule has 4 aromatic rings. The molecular formula is C21H18ClN5OS. The smallest absolute Gasteiger partial charge is 0.316 e. The molecule has 0 radical (unpaired) electrons. The highest BCUT2D eigenvalue weighted by molar-refractivity contribution is 7.98. The summed E-state index contributed by atoms with van der Waals surface area (Å²) >= 11 is 7.66. The van der Waals surface area contributed by atoms with E-state index in [1.165, 1.54) is 16.4 Å². The van der Waals surface area contributed by atoms with Crippen molar-refractivity contribution in [2.24, 2.45) is 0 Å². The molecule has 8 heteroatoms.